The van der Waals surface area contributed by atoms with E-state index in [4.69, 9.17) is 10.5 Å². The second-order valence-corrected chi connectivity index (χ2v) is 6.02. The Balaban J connectivity index is 0. The normalized spacial score (nSPS) is 9.54. The van der Waals surface area contributed by atoms with Gasteiger partial charge in [-0.3, -0.25) is 0 Å². The Morgan fingerprint density at radius 3 is 1.08 bits per heavy atom. The van der Waals surface area contributed by atoms with Crippen LogP contribution in [-0.4, -0.2) is 25.9 Å². The minimum absolute atomic E-state index is 0. The fraction of sp³-hybridized carbons (Fsp3) is 0. The Hall–Kier alpha value is -2.11. The van der Waals surface area contributed by atoms with Gasteiger partial charge in [-0.2, -0.15) is 14.2 Å². The molecule has 0 radical (unpaired) electrons. The molecule has 0 unspecified atom stereocenters. The smallest absolute Gasteiger partial charge is 0.725 e. The summed E-state index contributed by atoms with van der Waals surface area (Å²) in [7, 11) is -10.9. The maximum atomic E-state index is 9.29. The fourth-order valence-corrected chi connectivity index (χ4v) is 1.94. The molecule has 0 aliphatic heterocycles. The van der Waals surface area contributed by atoms with Gasteiger partial charge in [0.1, 0.15) is 0 Å². The monoisotopic (exact) mass is 577 g/mol. The predicted molar refractivity (Wildman–Crippen MR) is 82.8 cm³/mol. The maximum Gasteiger partial charge on any atom is 2.00 e. The van der Waals surface area contributed by atoms with E-state index in [1.807, 2.05) is 48.5 Å². The molecule has 0 fully saturated rings. The van der Waals surface area contributed by atoms with Crippen LogP contribution in [0.1, 0.15) is 11.1 Å². The van der Waals surface area contributed by atoms with E-state index < -0.39 is 20.8 Å². The van der Waals surface area contributed by atoms with Crippen molar-refractivity contribution in [2.24, 2.45) is 0 Å². The van der Waals surface area contributed by atoms with Crippen LogP contribution in [0.15, 0.2) is 60.7 Å². The Bertz CT molecular complexity index is 857. The SMILES string of the molecule is N#Cc1ccccc1.N#Cc1ccccc1.O=S(=O)([O-])OS(=O)(=O)[O-].[Pt+2]. The molecular weight excluding hydrogens is 567 g/mol. The van der Waals surface area contributed by atoms with E-state index in [1.165, 1.54) is 0 Å². The van der Waals surface area contributed by atoms with Crippen LogP contribution in [0.2, 0.25) is 0 Å². The topological polar surface area (TPSA) is 171 Å². The number of nitrogens with zero attached hydrogens (tertiary/aromatic N) is 2. The zero-order valence-electron chi connectivity index (χ0n) is 12.7. The molecule has 2 aromatic rings. The van der Waals surface area contributed by atoms with Crippen LogP contribution in [-0.2, 0) is 45.5 Å². The first-order valence-electron chi connectivity index (χ1n) is 6.10. The summed E-state index contributed by atoms with van der Waals surface area (Å²) in [5, 5.41) is 16.6. The van der Waals surface area contributed by atoms with Gasteiger partial charge in [-0.15, -0.1) is 0 Å². The van der Waals surface area contributed by atoms with E-state index in [0.29, 0.717) is 11.1 Å². The third-order valence-corrected chi connectivity index (χ3v) is 3.31. The van der Waals surface area contributed by atoms with Crippen LogP contribution in [0.3, 0.4) is 0 Å². The number of hydrogen-bond donors (Lipinski definition) is 0. The summed E-state index contributed by atoms with van der Waals surface area (Å²) in [4.78, 5) is 0. The van der Waals surface area contributed by atoms with Gasteiger partial charge >= 0.3 is 21.1 Å². The minimum Gasteiger partial charge on any atom is -0.725 e. The van der Waals surface area contributed by atoms with Crippen molar-refractivity contribution in [2.45, 2.75) is 0 Å². The second-order valence-electron chi connectivity index (χ2n) is 3.84. The Morgan fingerprint density at radius 2 is 0.962 bits per heavy atom. The van der Waals surface area contributed by atoms with Crippen molar-refractivity contribution in [3.05, 3.63) is 71.8 Å². The first kappa shape index (κ1) is 26.1. The van der Waals surface area contributed by atoms with Gasteiger partial charge in [-0.1, -0.05) is 36.4 Å². The Labute approximate surface area is 165 Å². The molecule has 0 atom stereocenters. The van der Waals surface area contributed by atoms with E-state index in [1.54, 1.807) is 24.3 Å². The number of rotatable bonds is 2. The largest absolute Gasteiger partial charge is 2.00 e. The van der Waals surface area contributed by atoms with Crippen LogP contribution in [0.5, 0.6) is 0 Å². The van der Waals surface area contributed by atoms with E-state index >= 15 is 0 Å². The van der Waals surface area contributed by atoms with Crippen molar-refractivity contribution in [3.63, 3.8) is 0 Å². The van der Waals surface area contributed by atoms with Crippen LogP contribution < -0.4 is 0 Å². The molecule has 0 aromatic heterocycles. The molecule has 140 valence electrons. The van der Waals surface area contributed by atoms with E-state index in [0.717, 1.165) is 0 Å². The molecule has 0 saturated carbocycles. The van der Waals surface area contributed by atoms with Crippen molar-refractivity contribution < 1.29 is 50.6 Å². The number of benzene rings is 2. The third-order valence-electron chi connectivity index (χ3n) is 1.97. The molecule has 0 aliphatic rings. The van der Waals surface area contributed by atoms with Gasteiger partial charge in [-0.05, 0) is 24.3 Å². The zero-order valence-corrected chi connectivity index (χ0v) is 16.6. The van der Waals surface area contributed by atoms with Crippen molar-refractivity contribution >= 4 is 20.8 Å². The quantitative estimate of drug-likeness (QED) is 0.374. The molecule has 0 N–H and O–H groups in total. The number of hydrogen-bond acceptors (Lipinski definition) is 9. The van der Waals surface area contributed by atoms with E-state index in [9.17, 15) is 25.9 Å². The van der Waals surface area contributed by atoms with Gasteiger partial charge in [0.05, 0.1) is 23.3 Å². The summed E-state index contributed by atoms with van der Waals surface area (Å²) in [5.74, 6) is 0. The average molecular weight is 577 g/mol. The van der Waals surface area contributed by atoms with Gasteiger partial charge in [0.25, 0.3) is 0 Å². The minimum atomic E-state index is -5.43. The summed E-state index contributed by atoms with van der Waals surface area (Å²) in [6.45, 7) is 0. The summed E-state index contributed by atoms with van der Waals surface area (Å²) >= 11 is 0. The van der Waals surface area contributed by atoms with Gasteiger partial charge in [0.15, 0.2) is 0 Å². The van der Waals surface area contributed by atoms with E-state index in [2.05, 4.69) is 3.63 Å². The Morgan fingerprint density at radius 1 is 0.692 bits per heavy atom. The van der Waals surface area contributed by atoms with Crippen molar-refractivity contribution in [1.82, 2.24) is 0 Å². The predicted octanol–water partition coefficient (Wildman–Crippen LogP) is 1.04. The molecule has 0 aliphatic carbocycles. The van der Waals surface area contributed by atoms with Crippen molar-refractivity contribution in [2.75, 3.05) is 0 Å². The fourth-order valence-electron chi connectivity index (χ4n) is 1.13. The maximum absolute atomic E-state index is 9.29. The molecule has 0 heterocycles. The summed E-state index contributed by atoms with van der Waals surface area (Å²) in [6, 6.07) is 22.3. The van der Waals surface area contributed by atoms with Gasteiger partial charge in [-0.25, -0.2) is 16.8 Å². The van der Waals surface area contributed by atoms with Crippen molar-refractivity contribution in [1.29, 1.82) is 10.5 Å². The first-order chi connectivity index (χ1) is 11.6. The standard InChI is InChI=1S/2C7H5N.H2O7S2.Pt/c2*8-6-7-4-2-1-3-5-7;1-8(2,3)7-9(4,5)6;/h2*1-5H;(H,1,2,3)(H,4,5,6);/q;;;+2/p-2. The van der Waals surface area contributed by atoms with Gasteiger partial charge in [0, 0.05) is 0 Å². The molecule has 9 nitrogen and oxygen atoms in total. The zero-order chi connectivity index (χ0) is 19.3. The molecule has 2 aromatic carbocycles. The summed E-state index contributed by atoms with van der Waals surface area (Å²) in [5.41, 5.74) is 1.43. The van der Waals surface area contributed by atoms with Crippen LogP contribution in [0.4, 0.5) is 0 Å². The molecule has 0 bridgehead atoms. The average Bonchev–Trinajstić information content (AvgIpc) is 2.54. The summed E-state index contributed by atoms with van der Waals surface area (Å²) < 4.78 is 58.2. The molecule has 12 heteroatoms. The van der Waals surface area contributed by atoms with Crippen LogP contribution in [0, 0.1) is 22.7 Å². The van der Waals surface area contributed by atoms with Gasteiger partial charge < -0.3 is 9.11 Å². The van der Waals surface area contributed by atoms with Crippen LogP contribution >= 0.6 is 0 Å². The molecule has 2 rings (SSSR count). The van der Waals surface area contributed by atoms with Gasteiger partial charge in [0.2, 0.25) is 20.8 Å². The second kappa shape index (κ2) is 13.1. The molecule has 26 heavy (non-hydrogen) atoms. The molecule has 0 amide bonds. The summed E-state index contributed by atoms with van der Waals surface area (Å²) in [6.07, 6.45) is 0. The third kappa shape index (κ3) is 16.7. The van der Waals surface area contributed by atoms with Crippen molar-refractivity contribution in [3.8, 4) is 12.1 Å². The first-order valence-corrected chi connectivity index (χ1v) is 8.77. The molecular formula is C14H10N2O7PtS2. The number of nitriles is 2. The molecule has 0 spiro atoms. The van der Waals surface area contributed by atoms with Crippen LogP contribution in [0.25, 0.3) is 0 Å². The molecule has 0 saturated heterocycles. The Kier molecular flexibility index (Phi) is 13.2. The van der Waals surface area contributed by atoms with E-state index in [-0.39, 0.29) is 21.1 Å².